The van der Waals surface area contributed by atoms with Gasteiger partial charge in [-0.25, -0.2) is 14.0 Å². The van der Waals surface area contributed by atoms with E-state index < -0.39 is 23.7 Å². The Morgan fingerprint density at radius 1 is 0.750 bits per heavy atom. The first-order valence-corrected chi connectivity index (χ1v) is 12.0. The Morgan fingerprint density at radius 3 is 1.90 bits per heavy atom. The van der Waals surface area contributed by atoms with Crippen molar-refractivity contribution in [1.82, 2.24) is 0 Å². The number of carbonyl (C=O) groups is 4. The highest BCUT2D eigenvalue weighted by Gasteiger charge is 2.17. The molecule has 0 atom stereocenters. The number of benzene rings is 4. The number of carboxylic acid groups (broad SMARTS) is 2. The molecule has 2 amide bonds. The molecule has 200 valence electrons. The summed E-state index contributed by atoms with van der Waals surface area (Å²) < 4.78 is 13.9. The molecule has 4 aromatic rings. The summed E-state index contributed by atoms with van der Waals surface area (Å²) in [5.41, 5.74) is 1.98. The van der Waals surface area contributed by atoms with Crippen LogP contribution in [0.5, 0.6) is 0 Å². The molecule has 4 rings (SSSR count). The molecule has 9 heteroatoms. The van der Waals surface area contributed by atoms with Crippen molar-refractivity contribution in [2.45, 2.75) is 6.92 Å². The molecule has 0 bridgehead atoms. The smallest absolute Gasteiger partial charge is 0.337 e. The van der Waals surface area contributed by atoms with E-state index in [-0.39, 0.29) is 28.3 Å². The maximum absolute atomic E-state index is 13.9. The van der Waals surface area contributed by atoms with Gasteiger partial charge in [0.2, 0.25) is 5.91 Å². The van der Waals surface area contributed by atoms with Gasteiger partial charge in [-0.1, -0.05) is 36.4 Å². The summed E-state index contributed by atoms with van der Waals surface area (Å²) in [5.74, 6) is -3.64. The van der Waals surface area contributed by atoms with Crippen molar-refractivity contribution in [2.24, 2.45) is 0 Å². The number of amides is 2. The van der Waals surface area contributed by atoms with E-state index in [0.717, 1.165) is 0 Å². The summed E-state index contributed by atoms with van der Waals surface area (Å²) in [6.07, 6.45) is 3.10. The monoisotopic (exact) mass is 538 g/mol. The van der Waals surface area contributed by atoms with Crippen LogP contribution in [0.15, 0.2) is 91.0 Å². The van der Waals surface area contributed by atoms with E-state index in [1.165, 1.54) is 72.5 Å². The van der Waals surface area contributed by atoms with E-state index in [1.54, 1.807) is 42.5 Å². The summed E-state index contributed by atoms with van der Waals surface area (Å²) in [6, 6.07) is 22.5. The quantitative estimate of drug-likeness (QED) is 0.225. The number of hydrogen-bond acceptors (Lipinski definition) is 4. The number of anilines is 3. The number of rotatable bonds is 8. The van der Waals surface area contributed by atoms with Crippen molar-refractivity contribution in [3.63, 3.8) is 0 Å². The fraction of sp³-hybridized carbons (Fsp3) is 0.0323. The highest BCUT2D eigenvalue weighted by molar-refractivity contribution is 6.08. The molecule has 0 aliphatic carbocycles. The molecule has 4 aromatic carbocycles. The van der Waals surface area contributed by atoms with Crippen LogP contribution in [-0.2, 0) is 4.79 Å². The van der Waals surface area contributed by atoms with E-state index in [9.17, 15) is 28.7 Å². The normalized spacial score (nSPS) is 10.8. The van der Waals surface area contributed by atoms with Gasteiger partial charge in [0.1, 0.15) is 5.82 Å². The minimum absolute atomic E-state index is 0.0773. The fourth-order valence-electron chi connectivity index (χ4n) is 3.97. The highest BCUT2D eigenvalue weighted by atomic mass is 19.1. The first-order valence-electron chi connectivity index (χ1n) is 12.0. The molecule has 0 saturated heterocycles. The van der Waals surface area contributed by atoms with Crippen LogP contribution in [0, 0.1) is 5.82 Å². The number of nitrogens with one attached hydrogen (secondary N) is 1. The second-order valence-corrected chi connectivity index (χ2v) is 8.67. The minimum Gasteiger partial charge on any atom is -0.478 e. The number of halogens is 1. The van der Waals surface area contributed by atoms with Crippen molar-refractivity contribution in [1.29, 1.82) is 0 Å². The molecule has 0 saturated carbocycles. The van der Waals surface area contributed by atoms with Gasteiger partial charge in [-0.05, 0) is 72.3 Å². The number of aromatic carboxylic acids is 2. The van der Waals surface area contributed by atoms with Gasteiger partial charge in [-0.3, -0.25) is 14.5 Å². The first-order chi connectivity index (χ1) is 19.1. The van der Waals surface area contributed by atoms with Crippen LogP contribution in [0.1, 0.15) is 49.1 Å². The van der Waals surface area contributed by atoms with Gasteiger partial charge in [0.05, 0.1) is 16.8 Å². The fourth-order valence-corrected chi connectivity index (χ4v) is 3.97. The third-order valence-corrected chi connectivity index (χ3v) is 5.96. The molecule has 8 nitrogen and oxygen atoms in total. The lowest BCUT2D eigenvalue weighted by Crippen LogP contribution is -2.23. The van der Waals surface area contributed by atoms with Gasteiger partial charge in [0.25, 0.3) is 5.91 Å². The SMILES string of the molecule is CC(=O)N(c1ccc(C(=O)O)cc1)c1ccc(C(=O)Nc2ccc(/C=C/c3ccccc3F)cc2C(=O)O)cc1. The van der Waals surface area contributed by atoms with Crippen LogP contribution in [-0.4, -0.2) is 34.0 Å². The molecule has 0 unspecified atom stereocenters. The molecule has 0 heterocycles. The lowest BCUT2D eigenvalue weighted by Gasteiger charge is -2.21. The highest BCUT2D eigenvalue weighted by Crippen LogP contribution is 2.27. The summed E-state index contributed by atoms with van der Waals surface area (Å²) in [6.45, 7) is 1.36. The van der Waals surface area contributed by atoms with Crippen molar-refractivity contribution < 1.29 is 33.8 Å². The van der Waals surface area contributed by atoms with Gasteiger partial charge >= 0.3 is 11.9 Å². The zero-order chi connectivity index (χ0) is 28.8. The largest absolute Gasteiger partial charge is 0.478 e. The second kappa shape index (κ2) is 11.9. The van der Waals surface area contributed by atoms with Gasteiger partial charge in [0, 0.05) is 29.4 Å². The van der Waals surface area contributed by atoms with E-state index in [4.69, 9.17) is 5.11 Å². The van der Waals surface area contributed by atoms with Crippen LogP contribution in [0.2, 0.25) is 0 Å². The Bertz CT molecular complexity index is 1630. The Hall–Kier alpha value is -5.57. The molecule has 0 fully saturated rings. The second-order valence-electron chi connectivity index (χ2n) is 8.67. The predicted octanol–water partition coefficient (Wildman–Crippen LogP) is 6.33. The number of carbonyl (C=O) groups excluding carboxylic acids is 2. The van der Waals surface area contributed by atoms with Crippen LogP contribution in [0.3, 0.4) is 0 Å². The summed E-state index contributed by atoms with van der Waals surface area (Å²) in [7, 11) is 0. The van der Waals surface area contributed by atoms with Crippen molar-refractivity contribution in [2.75, 3.05) is 10.2 Å². The molecule has 0 spiro atoms. The van der Waals surface area contributed by atoms with E-state index in [2.05, 4.69) is 5.32 Å². The molecule has 0 radical (unpaired) electrons. The van der Waals surface area contributed by atoms with Crippen molar-refractivity contribution >= 4 is 53.0 Å². The summed E-state index contributed by atoms with van der Waals surface area (Å²) in [4.78, 5) is 49.6. The maximum atomic E-state index is 13.9. The lowest BCUT2D eigenvalue weighted by molar-refractivity contribution is -0.115. The van der Waals surface area contributed by atoms with Crippen molar-refractivity contribution in [3.8, 4) is 0 Å². The van der Waals surface area contributed by atoms with Crippen LogP contribution in [0.4, 0.5) is 21.5 Å². The lowest BCUT2D eigenvalue weighted by atomic mass is 10.1. The number of nitrogens with zero attached hydrogens (tertiary/aromatic N) is 1. The van der Waals surface area contributed by atoms with Crippen LogP contribution < -0.4 is 10.2 Å². The molecule has 0 aliphatic heterocycles. The maximum Gasteiger partial charge on any atom is 0.337 e. The summed E-state index contributed by atoms with van der Waals surface area (Å²) >= 11 is 0. The van der Waals surface area contributed by atoms with E-state index >= 15 is 0 Å². The summed E-state index contributed by atoms with van der Waals surface area (Å²) in [5, 5.41) is 21.4. The number of carboxylic acids is 2. The molecule has 40 heavy (non-hydrogen) atoms. The zero-order valence-corrected chi connectivity index (χ0v) is 21.2. The third kappa shape index (κ3) is 6.28. The standard InChI is InChI=1S/C31H23FN2O6/c1-19(35)34(25-15-11-23(12-16-25)30(37)38)24-13-9-22(10-14-24)29(36)33-28-17-7-20(18-26(28)31(39)40)6-8-21-4-2-3-5-27(21)32/h2-18H,1H3,(H,33,36)(H,37,38)(H,39,40)/b8-6+. The first kappa shape index (κ1) is 27.5. The topological polar surface area (TPSA) is 124 Å². The molecular weight excluding hydrogens is 515 g/mol. The minimum atomic E-state index is -1.25. The average molecular weight is 539 g/mol. The van der Waals surface area contributed by atoms with Crippen LogP contribution in [0.25, 0.3) is 12.2 Å². The Labute approximate surface area is 228 Å². The molecule has 0 aliphatic rings. The predicted molar refractivity (Wildman–Crippen MR) is 149 cm³/mol. The Morgan fingerprint density at radius 2 is 1.35 bits per heavy atom. The van der Waals surface area contributed by atoms with E-state index in [1.807, 2.05) is 0 Å². The van der Waals surface area contributed by atoms with Crippen LogP contribution >= 0.6 is 0 Å². The Kier molecular flexibility index (Phi) is 8.15. The molecular formula is C31H23FN2O6. The Balaban J connectivity index is 1.53. The van der Waals surface area contributed by atoms with Gasteiger partial charge in [0.15, 0.2) is 0 Å². The average Bonchev–Trinajstić information content (AvgIpc) is 2.93. The van der Waals surface area contributed by atoms with Crippen molar-refractivity contribution in [3.05, 3.63) is 125 Å². The van der Waals surface area contributed by atoms with E-state index in [0.29, 0.717) is 22.5 Å². The van der Waals surface area contributed by atoms with Gasteiger partial charge in [-0.2, -0.15) is 0 Å². The molecule has 3 N–H and O–H groups in total. The molecule has 0 aromatic heterocycles. The zero-order valence-electron chi connectivity index (χ0n) is 21.2. The number of hydrogen-bond donors (Lipinski definition) is 3. The van der Waals surface area contributed by atoms with Gasteiger partial charge < -0.3 is 15.5 Å². The van der Waals surface area contributed by atoms with Gasteiger partial charge in [-0.15, -0.1) is 0 Å². The third-order valence-electron chi connectivity index (χ3n) is 5.96.